The van der Waals surface area contributed by atoms with Gasteiger partial charge in [-0.2, -0.15) is 0 Å². The van der Waals surface area contributed by atoms with E-state index in [1.165, 1.54) is 6.42 Å². The first kappa shape index (κ1) is 14.1. The van der Waals surface area contributed by atoms with Crippen molar-refractivity contribution in [1.82, 2.24) is 9.96 Å². The summed E-state index contributed by atoms with van der Waals surface area (Å²) in [6.45, 7) is 8.22. The highest BCUT2D eigenvalue weighted by atomic mass is 16.7. The van der Waals surface area contributed by atoms with Crippen molar-refractivity contribution in [3.63, 3.8) is 0 Å². The maximum absolute atomic E-state index is 12.0. The Kier molecular flexibility index (Phi) is 4.24. The highest BCUT2D eigenvalue weighted by Gasteiger charge is 2.31. The number of piperidine rings is 1. The number of rotatable bonds is 3. The highest BCUT2D eigenvalue weighted by molar-refractivity contribution is 5.82. The average Bonchev–Trinajstić information content (AvgIpc) is 2.66. The van der Waals surface area contributed by atoms with E-state index in [9.17, 15) is 9.59 Å². The first-order valence-electron chi connectivity index (χ1n) is 6.96. The number of nitrogens with zero attached hydrogens (tertiary/aromatic N) is 2. The topological polar surface area (TPSA) is 49.9 Å². The molecule has 0 aromatic carbocycles. The molecule has 2 atom stereocenters. The van der Waals surface area contributed by atoms with Crippen LogP contribution in [0.25, 0.3) is 0 Å². The van der Waals surface area contributed by atoms with Crippen LogP contribution >= 0.6 is 0 Å². The summed E-state index contributed by atoms with van der Waals surface area (Å²) >= 11 is 0. The lowest BCUT2D eigenvalue weighted by Gasteiger charge is -2.38. The summed E-state index contributed by atoms with van der Waals surface area (Å²) in [5, 5.41) is 1.06. The molecule has 0 aromatic rings. The molecule has 0 spiro atoms. The van der Waals surface area contributed by atoms with Gasteiger partial charge in [-0.3, -0.25) is 9.69 Å². The van der Waals surface area contributed by atoms with Crippen molar-refractivity contribution in [2.45, 2.75) is 58.0 Å². The summed E-state index contributed by atoms with van der Waals surface area (Å²) in [4.78, 5) is 30.8. The molecule has 0 N–H and O–H groups in total. The number of likely N-dealkylation sites (tertiary alicyclic amines) is 1. The predicted octanol–water partition coefficient (Wildman–Crippen LogP) is 1.84. The second-order valence-electron chi connectivity index (χ2n) is 5.52. The van der Waals surface area contributed by atoms with Crippen LogP contribution in [0.4, 0.5) is 0 Å². The second-order valence-corrected chi connectivity index (χ2v) is 5.52. The quantitative estimate of drug-likeness (QED) is 0.579. The number of amides is 1. The molecule has 0 saturated carbocycles. The molecular formula is C14H22N2O3. The van der Waals surface area contributed by atoms with Gasteiger partial charge in [-0.1, -0.05) is 13.0 Å². The first-order chi connectivity index (χ1) is 8.99. The Morgan fingerprint density at radius 1 is 1.32 bits per heavy atom. The van der Waals surface area contributed by atoms with Crippen LogP contribution in [0.1, 0.15) is 46.0 Å². The van der Waals surface area contributed by atoms with E-state index >= 15 is 0 Å². The summed E-state index contributed by atoms with van der Waals surface area (Å²) in [5.74, 6) is -0.560. The molecule has 2 saturated heterocycles. The van der Waals surface area contributed by atoms with E-state index in [0.29, 0.717) is 30.6 Å². The minimum atomic E-state index is -0.378. The molecule has 2 rings (SSSR count). The second kappa shape index (κ2) is 5.74. The van der Waals surface area contributed by atoms with Gasteiger partial charge in [0.15, 0.2) is 0 Å². The molecule has 5 heteroatoms. The molecule has 1 amide bonds. The van der Waals surface area contributed by atoms with Gasteiger partial charge in [0, 0.05) is 18.5 Å². The van der Waals surface area contributed by atoms with E-state index in [1.807, 2.05) is 0 Å². The Hall–Kier alpha value is -1.36. The molecule has 0 radical (unpaired) electrons. The molecule has 2 aliphatic rings. The Balaban J connectivity index is 1.90. The zero-order valence-corrected chi connectivity index (χ0v) is 11.7. The van der Waals surface area contributed by atoms with Crippen LogP contribution < -0.4 is 0 Å². The third kappa shape index (κ3) is 3.15. The van der Waals surface area contributed by atoms with Crippen molar-refractivity contribution in [3.05, 3.63) is 12.3 Å². The van der Waals surface area contributed by atoms with E-state index in [2.05, 4.69) is 25.3 Å². The zero-order chi connectivity index (χ0) is 14.0. The fourth-order valence-corrected chi connectivity index (χ4v) is 2.81. The van der Waals surface area contributed by atoms with Gasteiger partial charge in [-0.25, -0.2) is 4.79 Å². The van der Waals surface area contributed by atoms with Crippen LogP contribution in [0.15, 0.2) is 12.3 Å². The third-order valence-electron chi connectivity index (χ3n) is 4.02. The molecule has 19 heavy (non-hydrogen) atoms. The molecular weight excluding hydrogens is 246 g/mol. The predicted molar refractivity (Wildman–Crippen MR) is 70.8 cm³/mol. The molecule has 106 valence electrons. The molecule has 2 heterocycles. The van der Waals surface area contributed by atoms with E-state index in [4.69, 9.17) is 4.84 Å². The van der Waals surface area contributed by atoms with Crippen LogP contribution in [0, 0.1) is 0 Å². The van der Waals surface area contributed by atoms with Gasteiger partial charge < -0.3 is 4.84 Å². The van der Waals surface area contributed by atoms with E-state index in [-0.39, 0.29) is 18.4 Å². The largest absolute Gasteiger partial charge is 0.346 e. The lowest BCUT2D eigenvalue weighted by molar-refractivity contribution is -0.188. The first-order valence-corrected chi connectivity index (χ1v) is 6.96. The van der Waals surface area contributed by atoms with Gasteiger partial charge in [-0.05, 0) is 33.1 Å². The Morgan fingerprint density at radius 3 is 2.47 bits per heavy atom. The van der Waals surface area contributed by atoms with Crippen LogP contribution in [0.2, 0.25) is 0 Å². The molecule has 2 fully saturated rings. The maximum Gasteiger partial charge on any atom is 0.346 e. The fraction of sp³-hybridized carbons (Fsp3) is 0.714. The SMILES string of the molecule is C=C1CCC(=O)N1OC(=O)[13CH2][15N]1C(C)CCCC1C. The van der Waals surface area contributed by atoms with E-state index in [1.54, 1.807) is 0 Å². The minimum absolute atomic E-state index is 0.182. The summed E-state index contributed by atoms with van der Waals surface area (Å²) in [6, 6.07) is 0.766. The number of carbonyl (C=O) groups is 2. The van der Waals surface area contributed by atoms with Crippen molar-refractivity contribution in [2.75, 3.05) is 6.54 Å². The standard InChI is InChI=1S/C14H22N2O3/c1-10-5-4-6-11(2)15(10)9-14(18)19-16-12(3)7-8-13(16)17/h10-11H,3-9H2,1-2H3/i9+1,15+1. The summed E-state index contributed by atoms with van der Waals surface area (Å²) in [5.41, 5.74) is 0.568. The van der Waals surface area contributed by atoms with Gasteiger partial charge in [0.1, 0.15) is 0 Å². The number of allylic oxidation sites excluding steroid dienone is 1. The van der Waals surface area contributed by atoms with Crippen molar-refractivity contribution < 1.29 is 14.4 Å². The highest BCUT2D eigenvalue weighted by Crippen LogP contribution is 2.24. The summed E-state index contributed by atoms with van der Waals surface area (Å²) in [6.07, 6.45) is 4.36. The lowest BCUT2D eigenvalue weighted by Crippen LogP contribution is -2.47. The van der Waals surface area contributed by atoms with Gasteiger partial charge >= 0.3 is 5.97 Å². The monoisotopic (exact) mass is 268 g/mol. The molecule has 0 aliphatic carbocycles. The Bertz CT molecular complexity index is 368. The van der Waals surface area contributed by atoms with Gasteiger partial charge in [-0.15, -0.1) is 5.06 Å². The number of hydrogen-bond donors (Lipinski definition) is 0. The Labute approximate surface area is 114 Å². The van der Waals surface area contributed by atoms with Crippen molar-refractivity contribution in [3.8, 4) is 0 Å². The molecule has 5 nitrogen and oxygen atoms in total. The third-order valence-corrected chi connectivity index (χ3v) is 4.02. The van der Waals surface area contributed by atoms with Crippen molar-refractivity contribution in [2.24, 2.45) is 0 Å². The number of hydrogen-bond acceptors (Lipinski definition) is 4. The smallest absolute Gasteiger partial charge is 0.332 e. The normalized spacial score (nSPS) is 28.8. The molecule has 2 aliphatic heterocycles. The minimum Gasteiger partial charge on any atom is -0.332 e. The molecule has 0 bridgehead atoms. The van der Waals surface area contributed by atoms with Crippen LogP contribution in [0.5, 0.6) is 0 Å². The van der Waals surface area contributed by atoms with Crippen LogP contribution in [-0.2, 0) is 14.4 Å². The lowest BCUT2D eigenvalue weighted by atomic mass is 10.0. The zero-order valence-electron chi connectivity index (χ0n) is 11.7. The molecule has 0 aromatic heterocycles. The van der Waals surface area contributed by atoms with Crippen LogP contribution in [-0.4, -0.2) is 40.5 Å². The maximum atomic E-state index is 12.0. The molecule has 2 unspecified atom stereocenters. The average molecular weight is 268 g/mol. The summed E-state index contributed by atoms with van der Waals surface area (Å²) in [7, 11) is 0. The number of carbonyl (C=O) groups excluding carboxylic acids is 2. The number of hydroxylamine groups is 2. The van der Waals surface area contributed by atoms with Crippen molar-refractivity contribution in [1.29, 1.82) is 0 Å². The van der Waals surface area contributed by atoms with Gasteiger partial charge in [0.05, 0.1) is 12.2 Å². The summed E-state index contributed by atoms with van der Waals surface area (Å²) < 4.78 is 0. The van der Waals surface area contributed by atoms with Crippen LogP contribution in [0.3, 0.4) is 0 Å². The van der Waals surface area contributed by atoms with Gasteiger partial charge in [0.25, 0.3) is 5.91 Å². The fourth-order valence-electron chi connectivity index (χ4n) is 2.81. The van der Waals surface area contributed by atoms with E-state index < -0.39 is 0 Å². The van der Waals surface area contributed by atoms with Gasteiger partial charge in [0.2, 0.25) is 0 Å². The van der Waals surface area contributed by atoms with E-state index in [0.717, 1.165) is 17.9 Å². The Morgan fingerprint density at radius 2 is 1.95 bits per heavy atom. The van der Waals surface area contributed by atoms with Crippen molar-refractivity contribution >= 4 is 11.9 Å².